The lowest BCUT2D eigenvalue weighted by Crippen LogP contribution is -2.31. The first-order valence-corrected chi connectivity index (χ1v) is 8.77. The van der Waals surface area contributed by atoms with Crippen LogP contribution in [-0.4, -0.2) is 43.5 Å². The zero-order valence-electron chi connectivity index (χ0n) is 15.3. The number of halogens is 2. The molecule has 1 aliphatic heterocycles. The molecule has 0 aliphatic carbocycles. The minimum Gasteiger partial charge on any atom is -0.497 e. The summed E-state index contributed by atoms with van der Waals surface area (Å²) < 4.78 is 37.3. The van der Waals surface area contributed by atoms with Gasteiger partial charge in [0.05, 0.1) is 25.3 Å². The molecule has 0 spiro atoms. The Labute approximate surface area is 161 Å². The molecule has 2 amide bonds. The molecule has 6 nitrogen and oxygen atoms in total. The van der Waals surface area contributed by atoms with E-state index in [0.29, 0.717) is 24.1 Å². The van der Waals surface area contributed by atoms with E-state index in [1.54, 1.807) is 31.4 Å². The predicted molar refractivity (Wildman–Crippen MR) is 98.2 cm³/mol. The van der Waals surface area contributed by atoms with Crippen molar-refractivity contribution in [3.05, 3.63) is 54.1 Å². The van der Waals surface area contributed by atoms with Crippen molar-refractivity contribution in [2.45, 2.75) is 6.42 Å². The average Bonchev–Trinajstić information content (AvgIpc) is 3.05. The smallest absolute Gasteiger partial charge is 0.229 e. The molecule has 2 aromatic carbocycles. The van der Waals surface area contributed by atoms with Crippen LogP contribution in [0.25, 0.3) is 0 Å². The van der Waals surface area contributed by atoms with E-state index in [-0.39, 0.29) is 31.2 Å². The van der Waals surface area contributed by atoms with Gasteiger partial charge in [0.1, 0.15) is 29.7 Å². The second-order valence-electron chi connectivity index (χ2n) is 6.38. The highest BCUT2D eigenvalue weighted by Gasteiger charge is 2.34. The fraction of sp³-hybridized carbons (Fsp3) is 0.300. The summed E-state index contributed by atoms with van der Waals surface area (Å²) in [5.41, 5.74) is -0.111. The fourth-order valence-corrected chi connectivity index (χ4v) is 2.94. The molecule has 1 N–H and O–H groups in total. The number of nitrogens with one attached hydrogen (secondary N) is 1. The Morgan fingerprint density at radius 3 is 2.57 bits per heavy atom. The van der Waals surface area contributed by atoms with E-state index in [0.717, 1.165) is 12.1 Å². The van der Waals surface area contributed by atoms with Crippen LogP contribution in [0.5, 0.6) is 11.5 Å². The molecule has 2 aromatic rings. The number of benzene rings is 2. The molecule has 8 heteroatoms. The number of ether oxygens (including phenoxy) is 2. The number of nitrogens with zero attached hydrogens (tertiary/aromatic N) is 1. The summed E-state index contributed by atoms with van der Waals surface area (Å²) in [5, 5.41) is 2.41. The number of hydrogen-bond acceptors (Lipinski definition) is 4. The van der Waals surface area contributed by atoms with E-state index >= 15 is 0 Å². The average molecular weight is 390 g/mol. The van der Waals surface area contributed by atoms with Gasteiger partial charge in [-0.15, -0.1) is 0 Å². The SMILES string of the molecule is COc1ccc(OCCN2CC(C(=O)Nc3ccc(F)cc3F)CC2=O)cc1. The summed E-state index contributed by atoms with van der Waals surface area (Å²) in [6.45, 7) is 0.831. The first kappa shape index (κ1) is 19.6. The number of hydrogen-bond donors (Lipinski definition) is 1. The molecule has 148 valence electrons. The van der Waals surface area contributed by atoms with Crippen LogP contribution in [0.4, 0.5) is 14.5 Å². The van der Waals surface area contributed by atoms with Gasteiger partial charge in [-0.1, -0.05) is 0 Å². The summed E-state index contributed by atoms with van der Waals surface area (Å²) >= 11 is 0. The van der Waals surface area contributed by atoms with Crippen molar-refractivity contribution in [1.82, 2.24) is 4.90 Å². The highest BCUT2D eigenvalue weighted by molar-refractivity contribution is 5.97. The Balaban J connectivity index is 1.49. The minimum atomic E-state index is -0.859. The Bertz CT molecular complexity index is 858. The first-order valence-electron chi connectivity index (χ1n) is 8.77. The summed E-state index contributed by atoms with van der Waals surface area (Å²) in [6.07, 6.45) is 0.0389. The van der Waals surface area contributed by atoms with Gasteiger partial charge in [0.15, 0.2) is 0 Å². The molecule has 1 atom stereocenters. The second-order valence-corrected chi connectivity index (χ2v) is 6.38. The van der Waals surface area contributed by atoms with Gasteiger partial charge >= 0.3 is 0 Å². The summed E-state index contributed by atoms with van der Waals surface area (Å²) in [4.78, 5) is 26.0. The van der Waals surface area contributed by atoms with Crippen LogP contribution in [0.1, 0.15) is 6.42 Å². The topological polar surface area (TPSA) is 67.9 Å². The third-order valence-corrected chi connectivity index (χ3v) is 4.46. The molecule has 1 saturated heterocycles. The number of anilines is 1. The van der Waals surface area contributed by atoms with Gasteiger partial charge in [-0.25, -0.2) is 8.78 Å². The van der Waals surface area contributed by atoms with E-state index in [2.05, 4.69) is 5.32 Å². The monoisotopic (exact) mass is 390 g/mol. The number of carbonyl (C=O) groups is 2. The maximum atomic E-state index is 13.7. The molecule has 0 saturated carbocycles. The van der Waals surface area contributed by atoms with Gasteiger partial charge in [-0.05, 0) is 36.4 Å². The summed E-state index contributed by atoms with van der Waals surface area (Å²) in [7, 11) is 1.58. The van der Waals surface area contributed by atoms with E-state index < -0.39 is 23.5 Å². The number of methoxy groups -OCH3 is 1. The number of carbonyl (C=O) groups excluding carboxylic acids is 2. The lowest BCUT2D eigenvalue weighted by atomic mass is 10.1. The molecule has 0 radical (unpaired) electrons. The standard InChI is InChI=1S/C20H20F2N2O4/c1-27-15-3-5-16(6-4-15)28-9-8-24-12-13(10-19(24)25)20(26)23-18-7-2-14(21)11-17(18)22/h2-7,11,13H,8-10,12H2,1H3,(H,23,26). The Morgan fingerprint density at radius 2 is 1.89 bits per heavy atom. The van der Waals surface area contributed by atoms with Crippen LogP contribution < -0.4 is 14.8 Å². The van der Waals surface area contributed by atoms with Crippen molar-refractivity contribution >= 4 is 17.5 Å². The molecule has 28 heavy (non-hydrogen) atoms. The Hall–Kier alpha value is -3.16. The highest BCUT2D eigenvalue weighted by Crippen LogP contribution is 2.22. The van der Waals surface area contributed by atoms with E-state index in [9.17, 15) is 18.4 Å². The third-order valence-electron chi connectivity index (χ3n) is 4.46. The maximum absolute atomic E-state index is 13.7. The van der Waals surface area contributed by atoms with E-state index in [4.69, 9.17) is 9.47 Å². The molecule has 0 bridgehead atoms. The van der Waals surface area contributed by atoms with Crippen LogP contribution in [0.2, 0.25) is 0 Å². The van der Waals surface area contributed by atoms with Crippen molar-refractivity contribution in [3.8, 4) is 11.5 Å². The van der Waals surface area contributed by atoms with Gasteiger partial charge in [-0.3, -0.25) is 9.59 Å². The molecule has 1 aliphatic rings. The maximum Gasteiger partial charge on any atom is 0.229 e. The molecule has 3 rings (SSSR count). The van der Waals surface area contributed by atoms with Crippen molar-refractivity contribution in [1.29, 1.82) is 0 Å². The van der Waals surface area contributed by atoms with Crippen LogP contribution in [0.15, 0.2) is 42.5 Å². The van der Waals surface area contributed by atoms with Crippen LogP contribution in [-0.2, 0) is 9.59 Å². The second kappa shape index (κ2) is 8.69. The van der Waals surface area contributed by atoms with Crippen molar-refractivity contribution < 1.29 is 27.8 Å². The zero-order chi connectivity index (χ0) is 20.1. The third kappa shape index (κ3) is 4.76. The molecular formula is C20H20F2N2O4. The molecule has 0 aromatic heterocycles. The predicted octanol–water partition coefficient (Wildman–Crippen LogP) is 2.84. The quantitative estimate of drug-likeness (QED) is 0.790. The van der Waals surface area contributed by atoms with Gasteiger partial charge in [0.25, 0.3) is 0 Å². The highest BCUT2D eigenvalue weighted by atomic mass is 19.1. The van der Waals surface area contributed by atoms with E-state index in [1.807, 2.05) is 0 Å². The van der Waals surface area contributed by atoms with Crippen molar-refractivity contribution in [3.63, 3.8) is 0 Å². The lowest BCUT2D eigenvalue weighted by molar-refractivity contribution is -0.128. The van der Waals surface area contributed by atoms with Crippen LogP contribution >= 0.6 is 0 Å². The number of amides is 2. The normalized spacial score (nSPS) is 16.2. The van der Waals surface area contributed by atoms with Gasteiger partial charge in [0, 0.05) is 19.0 Å². The van der Waals surface area contributed by atoms with Crippen LogP contribution in [0.3, 0.4) is 0 Å². The van der Waals surface area contributed by atoms with Crippen molar-refractivity contribution in [2.75, 3.05) is 32.1 Å². The fourth-order valence-electron chi connectivity index (χ4n) is 2.94. The van der Waals surface area contributed by atoms with Crippen molar-refractivity contribution in [2.24, 2.45) is 5.92 Å². The van der Waals surface area contributed by atoms with Gasteiger partial charge in [0.2, 0.25) is 11.8 Å². The van der Waals surface area contributed by atoms with E-state index in [1.165, 1.54) is 4.90 Å². The number of rotatable bonds is 7. The Morgan fingerprint density at radius 1 is 1.18 bits per heavy atom. The van der Waals surface area contributed by atoms with Crippen LogP contribution in [0, 0.1) is 17.6 Å². The summed E-state index contributed by atoms with van der Waals surface area (Å²) in [6, 6.07) is 9.96. The van der Waals surface area contributed by atoms with Gasteiger partial charge < -0.3 is 19.7 Å². The molecule has 1 unspecified atom stereocenters. The number of likely N-dealkylation sites (tertiary alicyclic amines) is 1. The minimum absolute atomic E-state index is 0.0389. The molecular weight excluding hydrogens is 370 g/mol. The molecule has 1 fully saturated rings. The largest absolute Gasteiger partial charge is 0.497 e. The Kier molecular flexibility index (Phi) is 6.08. The molecule has 1 heterocycles. The zero-order valence-corrected chi connectivity index (χ0v) is 15.3. The first-order chi connectivity index (χ1) is 13.5. The van der Waals surface area contributed by atoms with Gasteiger partial charge in [-0.2, -0.15) is 0 Å². The summed E-state index contributed by atoms with van der Waals surface area (Å²) in [5.74, 6) is -1.47. The lowest BCUT2D eigenvalue weighted by Gasteiger charge is -2.17.